The van der Waals surface area contributed by atoms with Crippen molar-refractivity contribution in [2.45, 2.75) is 52.4 Å². The van der Waals surface area contributed by atoms with Crippen molar-refractivity contribution in [3.05, 3.63) is 28.2 Å². The normalized spacial score (nSPS) is 10.5. The first-order valence-corrected chi connectivity index (χ1v) is 7.42. The summed E-state index contributed by atoms with van der Waals surface area (Å²) in [4.78, 5) is 0. The fraction of sp³-hybridized carbons (Fsp3) is 0.600. The monoisotopic (exact) mass is 298 g/mol. The minimum Gasteiger partial charge on any atom is -0.493 e. The zero-order valence-corrected chi connectivity index (χ0v) is 12.6. The van der Waals surface area contributed by atoms with Gasteiger partial charge in [0.15, 0.2) is 0 Å². The standard InChI is InChI=1S/C15H23BrO/c1-3-4-5-6-7-8-11-17-15-12-14(16)10-9-13(15)2/h9-10,12H,3-8,11H2,1-2H3. The molecule has 0 bridgehead atoms. The van der Waals surface area contributed by atoms with Gasteiger partial charge in [-0.1, -0.05) is 61.0 Å². The highest BCUT2D eigenvalue weighted by Gasteiger charge is 2.00. The van der Waals surface area contributed by atoms with E-state index in [4.69, 9.17) is 4.74 Å². The molecule has 0 atom stereocenters. The van der Waals surface area contributed by atoms with E-state index in [0.29, 0.717) is 0 Å². The summed E-state index contributed by atoms with van der Waals surface area (Å²) >= 11 is 3.47. The lowest BCUT2D eigenvalue weighted by Gasteiger charge is -2.09. The summed E-state index contributed by atoms with van der Waals surface area (Å²) in [6.07, 6.45) is 7.84. The molecule has 0 heterocycles. The highest BCUT2D eigenvalue weighted by Crippen LogP contribution is 2.23. The van der Waals surface area contributed by atoms with Gasteiger partial charge in [0, 0.05) is 4.47 Å². The summed E-state index contributed by atoms with van der Waals surface area (Å²) in [5.74, 6) is 1.01. The number of hydrogen-bond acceptors (Lipinski definition) is 1. The Balaban J connectivity index is 2.15. The van der Waals surface area contributed by atoms with E-state index in [1.165, 1.54) is 37.7 Å². The lowest BCUT2D eigenvalue weighted by atomic mass is 10.1. The van der Waals surface area contributed by atoms with Gasteiger partial charge >= 0.3 is 0 Å². The Morgan fingerprint density at radius 2 is 1.76 bits per heavy atom. The van der Waals surface area contributed by atoms with E-state index in [1.807, 2.05) is 12.1 Å². The molecule has 0 N–H and O–H groups in total. The topological polar surface area (TPSA) is 9.23 Å². The van der Waals surface area contributed by atoms with Gasteiger partial charge in [-0.2, -0.15) is 0 Å². The number of rotatable bonds is 8. The highest BCUT2D eigenvalue weighted by molar-refractivity contribution is 9.10. The zero-order valence-electron chi connectivity index (χ0n) is 11.0. The van der Waals surface area contributed by atoms with Crippen LogP contribution in [0.2, 0.25) is 0 Å². The Morgan fingerprint density at radius 3 is 2.53 bits per heavy atom. The molecule has 1 nitrogen and oxygen atoms in total. The van der Waals surface area contributed by atoms with Crippen LogP contribution in [-0.2, 0) is 0 Å². The van der Waals surface area contributed by atoms with E-state index in [1.54, 1.807) is 0 Å². The van der Waals surface area contributed by atoms with Crippen molar-refractivity contribution in [1.82, 2.24) is 0 Å². The SMILES string of the molecule is CCCCCCCCOc1cc(Br)ccc1C. The Morgan fingerprint density at radius 1 is 1.06 bits per heavy atom. The van der Waals surface area contributed by atoms with Crippen LogP contribution in [0.5, 0.6) is 5.75 Å². The molecule has 1 rings (SSSR count). The molecule has 0 aliphatic heterocycles. The van der Waals surface area contributed by atoms with Crippen LogP contribution in [0.1, 0.15) is 51.0 Å². The Kier molecular flexibility index (Phi) is 7.34. The third kappa shape index (κ3) is 6.11. The molecule has 0 aromatic heterocycles. The van der Waals surface area contributed by atoms with Crippen LogP contribution in [0.4, 0.5) is 0 Å². The summed E-state index contributed by atoms with van der Waals surface area (Å²) in [6, 6.07) is 6.18. The molecule has 0 saturated heterocycles. The number of benzene rings is 1. The predicted molar refractivity (Wildman–Crippen MR) is 77.8 cm³/mol. The molecule has 0 saturated carbocycles. The van der Waals surface area contributed by atoms with Crippen molar-refractivity contribution in [2.24, 2.45) is 0 Å². The van der Waals surface area contributed by atoms with E-state index in [2.05, 4.69) is 35.8 Å². The van der Waals surface area contributed by atoms with Gasteiger partial charge in [0.25, 0.3) is 0 Å². The number of ether oxygens (including phenoxy) is 1. The first-order chi connectivity index (χ1) is 8.24. The molecule has 2 heteroatoms. The van der Waals surface area contributed by atoms with Gasteiger partial charge in [-0.3, -0.25) is 0 Å². The van der Waals surface area contributed by atoms with Crippen LogP contribution in [-0.4, -0.2) is 6.61 Å². The number of unbranched alkanes of at least 4 members (excludes halogenated alkanes) is 5. The largest absolute Gasteiger partial charge is 0.493 e. The van der Waals surface area contributed by atoms with Crippen LogP contribution >= 0.6 is 15.9 Å². The maximum Gasteiger partial charge on any atom is 0.123 e. The van der Waals surface area contributed by atoms with Crippen LogP contribution in [0, 0.1) is 6.92 Å². The molecule has 0 aliphatic carbocycles. The average molecular weight is 299 g/mol. The van der Waals surface area contributed by atoms with E-state index in [0.717, 1.165) is 23.2 Å². The summed E-state index contributed by atoms with van der Waals surface area (Å²) in [6.45, 7) is 5.17. The van der Waals surface area contributed by atoms with Gasteiger partial charge < -0.3 is 4.74 Å². The molecule has 0 aliphatic rings. The summed E-state index contributed by atoms with van der Waals surface area (Å²) in [5, 5.41) is 0. The van der Waals surface area contributed by atoms with E-state index in [-0.39, 0.29) is 0 Å². The average Bonchev–Trinajstić information content (AvgIpc) is 2.32. The van der Waals surface area contributed by atoms with Crippen molar-refractivity contribution in [1.29, 1.82) is 0 Å². The van der Waals surface area contributed by atoms with Crippen LogP contribution in [0.3, 0.4) is 0 Å². The van der Waals surface area contributed by atoms with Crippen LogP contribution in [0.25, 0.3) is 0 Å². The fourth-order valence-corrected chi connectivity index (χ4v) is 2.13. The maximum atomic E-state index is 5.79. The van der Waals surface area contributed by atoms with Crippen LogP contribution in [0.15, 0.2) is 22.7 Å². The zero-order chi connectivity index (χ0) is 12.5. The van der Waals surface area contributed by atoms with Crippen molar-refractivity contribution in [2.75, 3.05) is 6.61 Å². The van der Waals surface area contributed by atoms with Gasteiger partial charge in [-0.15, -0.1) is 0 Å². The summed E-state index contributed by atoms with van der Waals surface area (Å²) in [5.41, 5.74) is 1.21. The summed E-state index contributed by atoms with van der Waals surface area (Å²) < 4.78 is 6.88. The second kappa shape index (κ2) is 8.57. The van der Waals surface area contributed by atoms with Crippen molar-refractivity contribution < 1.29 is 4.74 Å². The predicted octanol–water partition coefficient (Wildman–Crippen LogP) is 5.50. The quantitative estimate of drug-likeness (QED) is 0.576. The van der Waals surface area contributed by atoms with E-state index >= 15 is 0 Å². The molecular weight excluding hydrogens is 276 g/mol. The molecule has 0 unspecified atom stereocenters. The molecule has 1 aromatic carbocycles. The van der Waals surface area contributed by atoms with Crippen molar-refractivity contribution in [3.8, 4) is 5.75 Å². The third-order valence-electron chi connectivity index (χ3n) is 2.91. The van der Waals surface area contributed by atoms with Gasteiger partial charge in [0.1, 0.15) is 5.75 Å². The molecule has 0 radical (unpaired) electrons. The molecule has 0 amide bonds. The third-order valence-corrected chi connectivity index (χ3v) is 3.40. The van der Waals surface area contributed by atoms with Gasteiger partial charge in [-0.05, 0) is 31.0 Å². The molecular formula is C15H23BrO. The van der Waals surface area contributed by atoms with Gasteiger partial charge in [-0.25, -0.2) is 0 Å². The van der Waals surface area contributed by atoms with E-state index in [9.17, 15) is 0 Å². The molecule has 1 aromatic rings. The molecule has 17 heavy (non-hydrogen) atoms. The van der Waals surface area contributed by atoms with Gasteiger partial charge in [0.2, 0.25) is 0 Å². The lowest BCUT2D eigenvalue weighted by molar-refractivity contribution is 0.302. The number of hydrogen-bond donors (Lipinski definition) is 0. The number of halogens is 1. The Labute approximate surface area is 114 Å². The minimum absolute atomic E-state index is 0.837. The fourth-order valence-electron chi connectivity index (χ4n) is 1.79. The molecule has 0 fully saturated rings. The Bertz CT molecular complexity index is 323. The molecule has 0 spiro atoms. The second-order valence-electron chi connectivity index (χ2n) is 4.53. The smallest absolute Gasteiger partial charge is 0.123 e. The van der Waals surface area contributed by atoms with E-state index < -0.39 is 0 Å². The summed E-state index contributed by atoms with van der Waals surface area (Å²) in [7, 11) is 0. The first-order valence-electron chi connectivity index (χ1n) is 6.63. The highest BCUT2D eigenvalue weighted by atomic mass is 79.9. The second-order valence-corrected chi connectivity index (χ2v) is 5.44. The van der Waals surface area contributed by atoms with Gasteiger partial charge in [0.05, 0.1) is 6.61 Å². The molecule has 96 valence electrons. The number of aryl methyl sites for hydroxylation is 1. The first kappa shape index (κ1) is 14.6. The van der Waals surface area contributed by atoms with Crippen molar-refractivity contribution in [3.63, 3.8) is 0 Å². The maximum absolute atomic E-state index is 5.79. The minimum atomic E-state index is 0.837. The van der Waals surface area contributed by atoms with Crippen molar-refractivity contribution >= 4 is 15.9 Å². The van der Waals surface area contributed by atoms with Crippen LogP contribution < -0.4 is 4.74 Å². The Hall–Kier alpha value is -0.500. The lowest BCUT2D eigenvalue weighted by Crippen LogP contribution is -1.98.